The molecule has 0 bridgehead atoms. The average Bonchev–Trinajstić information content (AvgIpc) is 2.26. The third-order valence-corrected chi connectivity index (χ3v) is 2.59. The van der Waals surface area contributed by atoms with Crippen molar-refractivity contribution in [1.29, 1.82) is 0 Å². The number of aryl methyl sites for hydroxylation is 1. The zero-order valence-corrected chi connectivity index (χ0v) is 10.0. The summed E-state index contributed by atoms with van der Waals surface area (Å²) in [5.74, 6) is -0.0703. The van der Waals surface area contributed by atoms with E-state index in [0.717, 1.165) is 0 Å². The molecular formula is C13H12O5. The molecule has 2 aromatic rings. The number of hydrogen-bond acceptors (Lipinski definition) is 4. The molecule has 0 aliphatic carbocycles. The topological polar surface area (TPSA) is 76.7 Å². The van der Waals surface area contributed by atoms with E-state index in [1.165, 1.54) is 13.2 Å². The Balaban J connectivity index is 2.81. The zero-order valence-electron chi connectivity index (χ0n) is 10.0. The molecular weight excluding hydrogens is 236 g/mol. The van der Waals surface area contributed by atoms with Gasteiger partial charge in [0.2, 0.25) is 0 Å². The maximum atomic E-state index is 11.9. The fourth-order valence-corrected chi connectivity index (χ4v) is 1.89. The number of fused-ring (bicyclic) bond motifs is 1. The van der Waals surface area contributed by atoms with Crippen molar-refractivity contribution in [1.82, 2.24) is 0 Å². The molecule has 0 fully saturated rings. The van der Waals surface area contributed by atoms with Crippen molar-refractivity contribution in [2.24, 2.45) is 0 Å². The number of hydrogen-bond donors (Lipinski definition) is 1. The van der Waals surface area contributed by atoms with Gasteiger partial charge in [-0.1, -0.05) is 0 Å². The second-order valence-corrected chi connectivity index (χ2v) is 3.95. The maximum Gasteiger partial charge on any atom is 0.307 e. The van der Waals surface area contributed by atoms with Crippen molar-refractivity contribution in [2.75, 3.05) is 7.11 Å². The molecule has 5 nitrogen and oxygen atoms in total. The number of carboxylic acid groups (broad SMARTS) is 1. The van der Waals surface area contributed by atoms with Gasteiger partial charge in [0.05, 0.1) is 18.9 Å². The van der Waals surface area contributed by atoms with Crippen molar-refractivity contribution in [3.63, 3.8) is 0 Å². The molecule has 94 valence electrons. The molecule has 1 N–H and O–H groups in total. The van der Waals surface area contributed by atoms with Crippen LogP contribution in [0.15, 0.2) is 27.4 Å². The normalized spacial score (nSPS) is 10.6. The summed E-state index contributed by atoms with van der Waals surface area (Å²) in [6.45, 7) is 1.66. The van der Waals surface area contributed by atoms with E-state index in [-0.39, 0.29) is 11.8 Å². The van der Waals surface area contributed by atoms with Crippen molar-refractivity contribution < 1.29 is 19.1 Å². The van der Waals surface area contributed by atoms with Gasteiger partial charge in [-0.3, -0.25) is 9.59 Å². The number of rotatable bonds is 3. The molecule has 0 radical (unpaired) electrons. The molecule has 2 rings (SSSR count). The van der Waals surface area contributed by atoms with Crippen LogP contribution in [0, 0.1) is 6.92 Å². The molecule has 1 aromatic heterocycles. The van der Waals surface area contributed by atoms with E-state index in [0.29, 0.717) is 28.0 Å². The third-order valence-electron chi connectivity index (χ3n) is 2.59. The number of benzene rings is 1. The molecule has 0 aliphatic rings. The Bertz CT molecular complexity index is 669. The number of carboxylic acids is 1. The van der Waals surface area contributed by atoms with Gasteiger partial charge in [0.1, 0.15) is 17.1 Å². The first kappa shape index (κ1) is 12.2. The standard InChI is InChI=1S/C13H12O5/c1-7-3-10(14)13-8(5-12(15)16)4-9(17-2)6-11(13)18-7/h3-4,6H,5H2,1-2H3,(H,15,16). The number of ether oxygens (including phenoxy) is 1. The van der Waals surface area contributed by atoms with Crippen LogP contribution in [0.25, 0.3) is 11.0 Å². The third kappa shape index (κ3) is 2.20. The van der Waals surface area contributed by atoms with E-state index in [1.807, 2.05) is 0 Å². The Kier molecular flexibility index (Phi) is 3.06. The van der Waals surface area contributed by atoms with E-state index in [4.69, 9.17) is 14.3 Å². The summed E-state index contributed by atoms with van der Waals surface area (Å²) < 4.78 is 10.5. The lowest BCUT2D eigenvalue weighted by Gasteiger charge is -2.07. The zero-order chi connectivity index (χ0) is 13.3. The minimum absolute atomic E-state index is 0.243. The fraction of sp³-hybridized carbons (Fsp3) is 0.231. The van der Waals surface area contributed by atoms with Crippen molar-refractivity contribution in [3.8, 4) is 5.75 Å². The summed E-state index contributed by atoms with van der Waals surface area (Å²) in [6, 6.07) is 4.47. The van der Waals surface area contributed by atoms with E-state index in [2.05, 4.69) is 0 Å². The number of methoxy groups -OCH3 is 1. The fourth-order valence-electron chi connectivity index (χ4n) is 1.89. The van der Waals surface area contributed by atoms with E-state index < -0.39 is 5.97 Å². The summed E-state index contributed by atoms with van der Waals surface area (Å²) >= 11 is 0. The first-order valence-corrected chi connectivity index (χ1v) is 5.34. The lowest BCUT2D eigenvalue weighted by atomic mass is 10.1. The molecule has 0 amide bonds. The first-order chi connectivity index (χ1) is 8.51. The second-order valence-electron chi connectivity index (χ2n) is 3.95. The molecule has 0 atom stereocenters. The van der Waals surface area contributed by atoms with E-state index >= 15 is 0 Å². The minimum Gasteiger partial charge on any atom is -0.497 e. The van der Waals surface area contributed by atoms with Gasteiger partial charge >= 0.3 is 5.97 Å². The SMILES string of the molecule is COc1cc(CC(=O)O)c2c(=O)cc(C)oc2c1. The van der Waals surface area contributed by atoms with Crippen molar-refractivity contribution >= 4 is 16.9 Å². The highest BCUT2D eigenvalue weighted by Crippen LogP contribution is 2.24. The van der Waals surface area contributed by atoms with Gasteiger partial charge in [0.25, 0.3) is 0 Å². The Morgan fingerprint density at radius 3 is 2.72 bits per heavy atom. The predicted octanol–water partition coefficient (Wildman–Crippen LogP) is 1.74. The van der Waals surface area contributed by atoms with Crippen molar-refractivity contribution in [3.05, 3.63) is 39.7 Å². The summed E-state index contributed by atoms with van der Waals surface area (Å²) in [5, 5.41) is 9.16. The van der Waals surface area contributed by atoms with Gasteiger partial charge in [0, 0.05) is 12.1 Å². The van der Waals surface area contributed by atoms with Gasteiger partial charge in [-0.2, -0.15) is 0 Å². The molecule has 1 aromatic carbocycles. The molecule has 0 spiro atoms. The molecule has 18 heavy (non-hydrogen) atoms. The Morgan fingerprint density at radius 2 is 2.11 bits per heavy atom. The lowest BCUT2D eigenvalue weighted by Crippen LogP contribution is -2.08. The summed E-state index contributed by atoms with van der Waals surface area (Å²) in [6.07, 6.45) is -0.248. The van der Waals surface area contributed by atoms with Crippen LogP contribution in [0.4, 0.5) is 0 Å². The molecule has 1 heterocycles. The molecule has 0 saturated carbocycles. The van der Waals surface area contributed by atoms with Gasteiger partial charge < -0.3 is 14.3 Å². The first-order valence-electron chi connectivity index (χ1n) is 5.34. The molecule has 0 unspecified atom stereocenters. The van der Waals surface area contributed by atoms with Crippen LogP contribution in [0.5, 0.6) is 5.75 Å². The van der Waals surface area contributed by atoms with Crippen LogP contribution in [0.3, 0.4) is 0 Å². The molecule has 5 heteroatoms. The summed E-state index contributed by atoms with van der Waals surface area (Å²) in [7, 11) is 1.47. The summed E-state index contributed by atoms with van der Waals surface area (Å²) in [4.78, 5) is 22.7. The molecule has 0 aliphatic heterocycles. The Hall–Kier alpha value is -2.30. The predicted molar refractivity (Wildman–Crippen MR) is 65.1 cm³/mol. The van der Waals surface area contributed by atoms with Crippen LogP contribution < -0.4 is 10.2 Å². The van der Waals surface area contributed by atoms with Crippen LogP contribution in [-0.4, -0.2) is 18.2 Å². The van der Waals surface area contributed by atoms with Gasteiger partial charge in [-0.15, -0.1) is 0 Å². The van der Waals surface area contributed by atoms with E-state index in [1.54, 1.807) is 19.1 Å². The average molecular weight is 248 g/mol. The Morgan fingerprint density at radius 1 is 1.39 bits per heavy atom. The lowest BCUT2D eigenvalue weighted by molar-refractivity contribution is -0.136. The van der Waals surface area contributed by atoms with E-state index in [9.17, 15) is 9.59 Å². The second kappa shape index (κ2) is 4.52. The largest absolute Gasteiger partial charge is 0.497 e. The van der Waals surface area contributed by atoms with Gasteiger partial charge in [-0.05, 0) is 18.6 Å². The highest BCUT2D eigenvalue weighted by Gasteiger charge is 2.13. The number of aliphatic carboxylic acids is 1. The highest BCUT2D eigenvalue weighted by molar-refractivity contribution is 5.86. The van der Waals surface area contributed by atoms with Crippen LogP contribution >= 0.6 is 0 Å². The minimum atomic E-state index is -1.01. The summed E-state index contributed by atoms with van der Waals surface area (Å²) in [5.41, 5.74) is 0.494. The maximum absolute atomic E-state index is 11.9. The smallest absolute Gasteiger partial charge is 0.307 e. The van der Waals surface area contributed by atoms with Crippen LogP contribution in [-0.2, 0) is 11.2 Å². The van der Waals surface area contributed by atoms with Crippen LogP contribution in [0.1, 0.15) is 11.3 Å². The quantitative estimate of drug-likeness (QED) is 0.895. The van der Waals surface area contributed by atoms with Gasteiger partial charge in [-0.25, -0.2) is 0 Å². The monoisotopic (exact) mass is 248 g/mol. The highest BCUT2D eigenvalue weighted by atomic mass is 16.5. The van der Waals surface area contributed by atoms with Gasteiger partial charge in [0.15, 0.2) is 5.43 Å². The molecule has 0 saturated heterocycles. The number of carbonyl (C=O) groups is 1. The van der Waals surface area contributed by atoms with Crippen molar-refractivity contribution in [2.45, 2.75) is 13.3 Å². The van der Waals surface area contributed by atoms with Crippen LogP contribution in [0.2, 0.25) is 0 Å². The Labute approximate surface area is 103 Å².